The van der Waals surface area contributed by atoms with Crippen molar-refractivity contribution in [1.29, 1.82) is 0 Å². The first-order valence-corrected chi connectivity index (χ1v) is 8.47. The molecule has 19 heavy (non-hydrogen) atoms. The highest BCUT2D eigenvalue weighted by Gasteiger charge is 2.25. The van der Waals surface area contributed by atoms with Crippen LogP contribution >= 0.6 is 11.3 Å². The van der Waals surface area contributed by atoms with Gasteiger partial charge in [0, 0.05) is 16.7 Å². The fourth-order valence-electron chi connectivity index (χ4n) is 3.49. The van der Waals surface area contributed by atoms with Crippen LogP contribution in [0.15, 0.2) is 29.6 Å². The van der Waals surface area contributed by atoms with Gasteiger partial charge in [-0.1, -0.05) is 44.4 Å². The molecule has 0 saturated heterocycles. The van der Waals surface area contributed by atoms with E-state index in [1.165, 1.54) is 42.2 Å². The normalized spacial score (nSPS) is 24.5. The maximum Gasteiger partial charge on any atom is 0.0378 e. The lowest BCUT2D eigenvalue weighted by atomic mass is 9.87. The Kier molecular flexibility index (Phi) is 4.19. The fraction of sp³-hybridized carbons (Fsp3) is 0.529. The van der Waals surface area contributed by atoms with Gasteiger partial charge in [-0.2, -0.15) is 0 Å². The third-order valence-electron chi connectivity index (χ3n) is 4.39. The molecule has 2 atom stereocenters. The van der Waals surface area contributed by atoms with Gasteiger partial charge >= 0.3 is 0 Å². The van der Waals surface area contributed by atoms with Gasteiger partial charge < -0.3 is 5.32 Å². The summed E-state index contributed by atoms with van der Waals surface area (Å²) < 4.78 is 1.51. The molecule has 1 aliphatic rings. The van der Waals surface area contributed by atoms with Crippen molar-refractivity contribution in [1.82, 2.24) is 5.32 Å². The SMILES string of the molecule is CCNC1CCCCCC1c1cccc2ccsc12. The van der Waals surface area contributed by atoms with Crippen molar-refractivity contribution in [3.63, 3.8) is 0 Å². The number of likely N-dealkylation sites (N-methyl/N-ethyl adjacent to an activating group) is 1. The molecule has 0 radical (unpaired) electrons. The van der Waals surface area contributed by atoms with Crippen LogP contribution in [0.1, 0.15) is 50.5 Å². The number of rotatable bonds is 3. The lowest BCUT2D eigenvalue weighted by Gasteiger charge is -2.26. The first-order valence-electron chi connectivity index (χ1n) is 7.59. The molecule has 1 heterocycles. The van der Waals surface area contributed by atoms with Gasteiger partial charge in [-0.3, -0.25) is 0 Å². The lowest BCUT2D eigenvalue weighted by Crippen LogP contribution is -2.34. The minimum absolute atomic E-state index is 0.667. The van der Waals surface area contributed by atoms with Gasteiger partial charge in [0.05, 0.1) is 0 Å². The monoisotopic (exact) mass is 273 g/mol. The minimum Gasteiger partial charge on any atom is -0.314 e. The molecule has 102 valence electrons. The summed E-state index contributed by atoms with van der Waals surface area (Å²) in [5, 5.41) is 7.38. The molecule has 1 aromatic carbocycles. The third-order valence-corrected chi connectivity index (χ3v) is 5.37. The molecular formula is C17H23NS. The molecule has 0 spiro atoms. The van der Waals surface area contributed by atoms with E-state index in [1.54, 1.807) is 5.56 Å². The molecule has 1 fully saturated rings. The zero-order valence-electron chi connectivity index (χ0n) is 11.7. The Bertz CT molecular complexity index is 531. The second-order valence-corrected chi connectivity index (χ2v) is 6.51. The van der Waals surface area contributed by atoms with Crippen molar-refractivity contribution in [2.24, 2.45) is 0 Å². The highest BCUT2D eigenvalue weighted by Crippen LogP contribution is 2.37. The van der Waals surface area contributed by atoms with E-state index < -0.39 is 0 Å². The van der Waals surface area contributed by atoms with E-state index in [2.05, 4.69) is 41.9 Å². The van der Waals surface area contributed by atoms with Gasteiger partial charge in [0.15, 0.2) is 0 Å². The Hall–Kier alpha value is -0.860. The van der Waals surface area contributed by atoms with Gasteiger partial charge in [-0.25, -0.2) is 0 Å². The van der Waals surface area contributed by atoms with E-state index in [4.69, 9.17) is 0 Å². The molecule has 1 saturated carbocycles. The van der Waals surface area contributed by atoms with E-state index in [0.717, 1.165) is 6.54 Å². The lowest BCUT2D eigenvalue weighted by molar-refractivity contribution is 0.421. The summed E-state index contributed by atoms with van der Waals surface area (Å²) in [6.45, 7) is 3.31. The van der Waals surface area contributed by atoms with Crippen LogP contribution in [0.2, 0.25) is 0 Å². The number of hydrogen-bond acceptors (Lipinski definition) is 2. The summed E-state index contributed by atoms with van der Waals surface area (Å²) in [7, 11) is 0. The van der Waals surface area contributed by atoms with Gasteiger partial charge in [0.1, 0.15) is 0 Å². The second-order valence-electron chi connectivity index (χ2n) is 5.59. The molecule has 1 aliphatic carbocycles. The highest BCUT2D eigenvalue weighted by molar-refractivity contribution is 7.17. The van der Waals surface area contributed by atoms with Crippen LogP contribution in [0.4, 0.5) is 0 Å². The number of benzene rings is 1. The Balaban J connectivity index is 1.98. The summed E-state index contributed by atoms with van der Waals surface area (Å²) in [6.07, 6.45) is 6.84. The van der Waals surface area contributed by atoms with E-state index in [9.17, 15) is 0 Å². The van der Waals surface area contributed by atoms with E-state index >= 15 is 0 Å². The predicted molar refractivity (Wildman–Crippen MR) is 85.1 cm³/mol. The maximum absolute atomic E-state index is 3.73. The average molecular weight is 273 g/mol. The maximum atomic E-state index is 3.73. The number of hydrogen-bond donors (Lipinski definition) is 1. The molecule has 3 rings (SSSR count). The van der Waals surface area contributed by atoms with Crippen molar-refractivity contribution < 1.29 is 0 Å². The average Bonchev–Trinajstić information content (AvgIpc) is 2.79. The van der Waals surface area contributed by atoms with Gasteiger partial charge in [-0.05, 0) is 41.8 Å². The second kappa shape index (κ2) is 6.06. The van der Waals surface area contributed by atoms with Gasteiger partial charge in [0.25, 0.3) is 0 Å². The van der Waals surface area contributed by atoms with Crippen LogP contribution in [0, 0.1) is 0 Å². The molecule has 0 amide bonds. The van der Waals surface area contributed by atoms with Crippen molar-refractivity contribution in [3.8, 4) is 0 Å². The van der Waals surface area contributed by atoms with Crippen LogP contribution < -0.4 is 5.32 Å². The molecule has 2 aromatic rings. The molecular weight excluding hydrogens is 250 g/mol. The standard InChI is InChI=1S/C17H23NS/c1-2-18-16-10-5-3-4-8-14(16)15-9-6-7-13-11-12-19-17(13)15/h6-7,9,11-12,14,16,18H,2-5,8,10H2,1H3. The van der Waals surface area contributed by atoms with Crippen LogP contribution in [-0.4, -0.2) is 12.6 Å². The smallest absolute Gasteiger partial charge is 0.0378 e. The van der Waals surface area contributed by atoms with Crippen molar-refractivity contribution in [2.75, 3.05) is 6.54 Å². The summed E-state index contributed by atoms with van der Waals surface area (Å²) in [4.78, 5) is 0. The Morgan fingerprint density at radius 3 is 2.95 bits per heavy atom. The number of fused-ring (bicyclic) bond motifs is 1. The third kappa shape index (κ3) is 2.70. The Morgan fingerprint density at radius 1 is 1.16 bits per heavy atom. The zero-order chi connectivity index (χ0) is 13.1. The molecule has 2 unspecified atom stereocenters. The summed E-state index contributed by atoms with van der Waals surface area (Å²) in [5.74, 6) is 0.699. The molecule has 0 bridgehead atoms. The van der Waals surface area contributed by atoms with Crippen LogP contribution in [-0.2, 0) is 0 Å². The van der Waals surface area contributed by atoms with Crippen molar-refractivity contribution in [2.45, 2.75) is 51.0 Å². The fourth-order valence-corrected chi connectivity index (χ4v) is 4.47. The topological polar surface area (TPSA) is 12.0 Å². The first-order chi connectivity index (χ1) is 9.40. The quantitative estimate of drug-likeness (QED) is 0.782. The molecule has 2 heteroatoms. The molecule has 1 N–H and O–H groups in total. The highest BCUT2D eigenvalue weighted by atomic mass is 32.1. The Morgan fingerprint density at radius 2 is 2.05 bits per heavy atom. The zero-order valence-corrected chi connectivity index (χ0v) is 12.5. The van der Waals surface area contributed by atoms with Crippen molar-refractivity contribution >= 4 is 21.4 Å². The van der Waals surface area contributed by atoms with Crippen LogP contribution in [0.3, 0.4) is 0 Å². The van der Waals surface area contributed by atoms with E-state index in [0.29, 0.717) is 12.0 Å². The number of nitrogens with one attached hydrogen (secondary N) is 1. The van der Waals surface area contributed by atoms with Crippen LogP contribution in [0.5, 0.6) is 0 Å². The molecule has 1 nitrogen and oxygen atoms in total. The van der Waals surface area contributed by atoms with Gasteiger partial charge in [-0.15, -0.1) is 11.3 Å². The van der Waals surface area contributed by atoms with E-state index in [-0.39, 0.29) is 0 Å². The number of thiophene rings is 1. The predicted octanol–water partition coefficient (Wildman–Crippen LogP) is 4.93. The van der Waals surface area contributed by atoms with Crippen molar-refractivity contribution in [3.05, 3.63) is 35.2 Å². The Labute approximate surface area is 120 Å². The van der Waals surface area contributed by atoms with E-state index in [1.807, 2.05) is 11.3 Å². The summed E-state index contributed by atoms with van der Waals surface area (Å²) in [6, 6.07) is 9.76. The molecule has 0 aliphatic heterocycles. The van der Waals surface area contributed by atoms with Gasteiger partial charge in [0.2, 0.25) is 0 Å². The minimum atomic E-state index is 0.667. The van der Waals surface area contributed by atoms with Crippen LogP contribution in [0.25, 0.3) is 10.1 Å². The largest absolute Gasteiger partial charge is 0.314 e. The molecule has 1 aromatic heterocycles. The first kappa shape index (κ1) is 13.1. The summed E-state index contributed by atoms with van der Waals surface area (Å²) in [5.41, 5.74) is 1.58. The summed E-state index contributed by atoms with van der Waals surface area (Å²) >= 11 is 1.91.